The van der Waals surface area contributed by atoms with Crippen molar-refractivity contribution >= 4 is 11.6 Å². The van der Waals surface area contributed by atoms with Crippen molar-refractivity contribution in [2.75, 3.05) is 6.67 Å². The highest BCUT2D eigenvalue weighted by atomic mass is 35.5. The van der Waals surface area contributed by atoms with E-state index in [4.69, 9.17) is 11.6 Å². The Morgan fingerprint density at radius 1 is 1.83 bits per heavy atom. The van der Waals surface area contributed by atoms with Gasteiger partial charge >= 0.3 is 0 Å². The van der Waals surface area contributed by atoms with Gasteiger partial charge < -0.3 is 10.6 Å². The highest BCUT2D eigenvalue weighted by Gasteiger charge is 1.94. The van der Waals surface area contributed by atoms with Gasteiger partial charge in [0.15, 0.2) is 0 Å². The largest absolute Gasteiger partial charge is 0.364 e. The maximum absolute atomic E-state index is 5.34. The molecule has 0 atom stereocenters. The van der Waals surface area contributed by atoms with Crippen molar-refractivity contribution in [2.24, 2.45) is 0 Å². The van der Waals surface area contributed by atoms with Gasteiger partial charge in [0.1, 0.15) is 5.16 Å². The lowest BCUT2D eigenvalue weighted by atomic mass is 11.0. The Kier molecular flexibility index (Phi) is 0.881. The number of hydrogen-bond acceptors (Lipinski definition) is 2. The Bertz CT molecular complexity index is 78.9. The molecule has 33 valence electrons. The molecule has 0 aromatic heterocycles. The third-order valence-electron chi connectivity index (χ3n) is 0.530. The molecule has 1 rings (SSSR count). The maximum Gasteiger partial charge on any atom is 0.129 e. The number of rotatable bonds is 0. The molecular formula is C3H4ClN2. The first kappa shape index (κ1) is 3.81. The lowest BCUT2D eigenvalue weighted by Gasteiger charge is -1.85. The van der Waals surface area contributed by atoms with E-state index in [0.717, 1.165) is 0 Å². The molecule has 3 heteroatoms. The van der Waals surface area contributed by atoms with Crippen molar-refractivity contribution < 1.29 is 0 Å². The summed E-state index contributed by atoms with van der Waals surface area (Å²) >= 11 is 5.34. The van der Waals surface area contributed by atoms with Crippen LogP contribution in [0, 0.1) is 6.20 Å². The summed E-state index contributed by atoms with van der Waals surface area (Å²) in [5.41, 5.74) is 0. The van der Waals surface area contributed by atoms with Crippen molar-refractivity contribution in [2.45, 2.75) is 0 Å². The summed E-state index contributed by atoms with van der Waals surface area (Å²) < 4.78 is 0. The van der Waals surface area contributed by atoms with Crippen LogP contribution in [0.1, 0.15) is 0 Å². The fraction of sp³-hybridized carbons (Fsp3) is 0.333. The van der Waals surface area contributed by atoms with Crippen LogP contribution < -0.4 is 10.6 Å². The molecule has 0 aromatic carbocycles. The van der Waals surface area contributed by atoms with Crippen LogP contribution in [0.2, 0.25) is 0 Å². The van der Waals surface area contributed by atoms with Gasteiger partial charge in [-0.25, -0.2) is 0 Å². The van der Waals surface area contributed by atoms with Crippen LogP contribution in [-0.4, -0.2) is 6.67 Å². The second-order valence-electron chi connectivity index (χ2n) is 0.969. The van der Waals surface area contributed by atoms with E-state index in [-0.39, 0.29) is 0 Å². The zero-order valence-corrected chi connectivity index (χ0v) is 3.84. The molecule has 2 nitrogen and oxygen atoms in total. The molecule has 0 aliphatic carbocycles. The van der Waals surface area contributed by atoms with Gasteiger partial charge in [0.25, 0.3) is 0 Å². The van der Waals surface area contributed by atoms with Gasteiger partial charge in [-0.15, -0.1) is 0 Å². The second-order valence-corrected chi connectivity index (χ2v) is 1.35. The van der Waals surface area contributed by atoms with Crippen molar-refractivity contribution in [3.8, 4) is 0 Å². The molecule has 0 bridgehead atoms. The van der Waals surface area contributed by atoms with Crippen LogP contribution in [-0.2, 0) is 0 Å². The smallest absolute Gasteiger partial charge is 0.129 e. The SMILES string of the molecule is ClC1=[C]NCN1. The van der Waals surface area contributed by atoms with Crippen molar-refractivity contribution in [3.63, 3.8) is 0 Å². The predicted octanol–water partition coefficient (Wildman–Crippen LogP) is -0.0224. The standard InChI is InChI=1S/C3H4ClN2/c4-3-1-5-2-6-3/h5-6H,2H2. The quantitative estimate of drug-likeness (QED) is 0.421. The van der Waals surface area contributed by atoms with Crippen LogP contribution in [0.15, 0.2) is 5.16 Å². The van der Waals surface area contributed by atoms with E-state index < -0.39 is 0 Å². The number of nitrogens with one attached hydrogen (secondary N) is 2. The first-order valence-corrected chi connectivity index (χ1v) is 2.02. The van der Waals surface area contributed by atoms with E-state index in [2.05, 4.69) is 16.8 Å². The average molecular weight is 104 g/mol. The fourth-order valence-corrected chi connectivity index (χ4v) is 0.421. The highest BCUT2D eigenvalue weighted by Crippen LogP contribution is 1.93. The second kappa shape index (κ2) is 1.39. The highest BCUT2D eigenvalue weighted by molar-refractivity contribution is 6.28. The summed E-state index contributed by atoms with van der Waals surface area (Å²) in [4.78, 5) is 0. The van der Waals surface area contributed by atoms with Crippen LogP contribution in [0.3, 0.4) is 0 Å². The van der Waals surface area contributed by atoms with Gasteiger partial charge in [-0.1, -0.05) is 11.6 Å². The zero-order chi connectivity index (χ0) is 4.41. The fourth-order valence-electron chi connectivity index (χ4n) is 0.288. The third kappa shape index (κ3) is 0.571. The molecule has 1 heterocycles. The molecule has 0 unspecified atom stereocenters. The van der Waals surface area contributed by atoms with E-state index in [0.29, 0.717) is 11.8 Å². The lowest BCUT2D eigenvalue weighted by molar-refractivity contribution is 0.822. The maximum atomic E-state index is 5.34. The van der Waals surface area contributed by atoms with Crippen molar-refractivity contribution in [3.05, 3.63) is 11.4 Å². The molecule has 1 aliphatic rings. The van der Waals surface area contributed by atoms with Gasteiger partial charge in [0.2, 0.25) is 0 Å². The first-order chi connectivity index (χ1) is 2.89. The Hall–Kier alpha value is -0.370. The van der Waals surface area contributed by atoms with Gasteiger partial charge in [-0.05, 0) is 0 Å². The van der Waals surface area contributed by atoms with Gasteiger partial charge in [0, 0.05) is 0 Å². The summed E-state index contributed by atoms with van der Waals surface area (Å²) in [7, 11) is 0. The van der Waals surface area contributed by atoms with Gasteiger partial charge in [-0.3, -0.25) is 0 Å². The predicted molar refractivity (Wildman–Crippen MR) is 23.7 cm³/mol. The molecule has 1 radical (unpaired) electrons. The Labute approximate surface area is 41.2 Å². The Morgan fingerprint density at radius 3 is 2.83 bits per heavy atom. The number of halogens is 1. The van der Waals surface area contributed by atoms with Crippen LogP contribution in [0.25, 0.3) is 0 Å². The van der Waals surface area contributed by atoms with Crippen molar-refractivity contribution in [1.29, 1.82) is 0 Å². The monoisotopic (exact) mass is 103 g/mol. The molecule has 0 fully saturated rings. The van der Waals surface area contributed by atoms with Crippen molar-refractivity contribution in [1.82, 2.24) is 10.6 Å². The van der Waals surface area contributed by atoms with Gasteiger partial charge in [-0.2, -0.15) is 0 Å². The summed E-state index contributed by atoms with van der Waals surface area (Å²) in [5.74, 6) is 0. The Balaban J connectivity index is 2.45. The minimum atomic E-state index is 0.565. The minimum absolute atomic E-state index is 0.565. The third-order valence-corrected chi connectivity index (χ3v) is 0.758. The van der Waals surface area contributed by atoms with E-state index in [1.54, 1.807) is 0 Å². The molecule has 0 aromatic rings. The average Bonchev–Trinajstić information content (AvgIpc) is 1.86. The summed E-state index contributed by atoms with van der Waals surface area (Å²) in [6.07, 6.45) is 2.64. The topological polar surface area (TPSA) is 24.1 Å². The zero-order valence-electron chi connectivity index (χ0n) is 3.09. The molecule has 2 N–H and O–H groups in total. The number of hydrogen-bond donors (Lipinski definition) is 2. The van der Waals surface area contributed by atoms with Crippen LogP contribution >= 0.6 is 11.6 Å². The van der Waals surface area contributed by atoms with E-state index in [1.807, 2.05) is 0 Å². The van der Waals surface area contributed by atoms with Gasteiger partial charge in [0.05, 0.1) is 12.9 Å². The molecular weight excluding hydrogens is 99.5 g/mol. The summed E-state index contributed by atoms with van der Waals surface area (Å²) in [6.45, 7) is 0.707. The minimum Gasteiger partial charge on any atom is -0.364 e. The molecule has 1 aliphatic heterocycles. The van der Waals surface area contributed by atoms with Crippen LogP contribution in [0.5, 0.6) is 0 Å². The molecule has 6 heavy (non-hydrogen) atoms. The summed E-state index contributed by atoms with van der Waals surface area (Å²) in [6, 6.07) is 0. The van der Waals surface area contributed by atoms with E-state index in [1.165, 1.54) is 0 Å². The summed E-state index contributed by atoms with van der Waals surface area (Å²) in [5, 5.41) is 6.09. The molecule has 0 spiro atoms. The molecule has 0 saturated carbocycles. The van der Waals surface area contributed by atoms with E-state index in [9.17, 15) is 0 Å². The molecule has 0 saturated heterocycles. The first-order valence-electron chi connectivity index (χ1n) is 1.65. The Morgan fingerprint density at radius 2 is 2.67 bits per heavy atom. The molecule has 0 amide bonds. The normalized spacial score (nSPS) is 18.5. The lowest BCUT2D eigenvalue weighted by Crippen LogP contribution is -2.12. The van der Waals surface area contributed by atoms with Crippen LogP contribution in [0.4, 0.5) is 0 Å². The van der Waals surface area contributed by atoms with E-state index >= 15 is 0 Å².